The minimum absolute atomic E-state index is 0.714. The van der Waals surface area contributed by atoms with Gasteiger partial charge in [-0.15, -0.1) is 0 Å². The molecule has 0 bridgehead atoms. The highest BCUT2D eigenvalue weighted by Crippen LogP contribution is 2.26. The van der Waals surface area contributed by atoms with Crippen LogP contribution < -0.4 is 0 Å². The maximum atomic E-state index is 4.63. The number of hydrogen-bond acceptors (Lipinski definition) is 3. The van der Waals surface area contributed by atoms with E-state index in [9.17, 15) is 0 Å². The van der Waals surface area contributed by atoms with E-state index in [1.165, 1.54) is 5.56 Å². The van der Waals surface area contributed by atoms with Gasteiger partial charge < -0.3 is 0 Å². The molecule has 1 aromatic carbocycles. The number of hydrogen-bond donors (Lipinski definition) is 0. The molecular weight excluding hydrogens is 270 g/mol. The second-order valence-corrected chi connectivity index (χ2v) is 5.38. The van der Waals surface area contributed by atoms with Crippen molar-refractivity contribution in [1.29, 1.82) is 0 Å². The molecule has 0 amide bonds. The summed E-state index contributed by atoms with van der Waals surface area (Å²) in [6, 6.07) is 16.4. The third-order valence-electron chi connectivity index (χ3n) is 3.84. The Morgan fingerprint density at radius 3 is 2.86 bits per heavy atom. The number of allylic oxidation sites excluding steroid dienone is 1. The topological polar surface area (TPSA) is 38.1 Å². The molecule has 0 fully saturated rings. The number of aromatic nitrogens is 2. The molecule has 1 aliphatic heterocycles. The van der Waals surface area contributed by atoms with Gasteiger partial charge in [0, 0.05) is 22.9 Å². The van der Waals surface area contributed by atoms with E-state index >= 15 is 0 Å². The summed E-state index contributed by atoms with van der Waals surface area (Å²) in [5.41, 5.74) is 6.26. The van der Waals surface area contributed by atoms with Crippen LogP contribution in [-0.4, -0.2) is 22.2 Å². The molecule has 0 spiro atoms. The predicted octanol–water partition coefficient (Wildman–Crippen LogP) is 3.82. The summed E-state index contributed by atoms with van der Waals surface area (Å²) in [5, 5.41) is 1.14. The number of rotatable bonds is 2. The van der Waals surface area contributed by atoms with Crippen LogP contribution in [-0.2, 0) is 0 Å². The lowest BCUT2D eigenvalue weighted by atomic mass is 9.98. The summed E-state index contributed by atoms with van der Waals surface area (Å²) in [4.78, 5) is 13.6. The van der Waals surface area contributed by atoms with Crippen LogP contribution in [0.15, 0.2) is 65.8 Å². The molecule has 0 radical (unpaired) electrons. The molecular formula is C19H15N3. The van der Waals surface area contributed by atoms with Crippen LogP contribution in [0.2, 0.25) is 0 Å². The van der Waals surface area contributed by atoms with E-state index in [4.69, 9.17) is 0 Å². The maximum absolute atomic E-state index is 4.63. The Hall–Kier alpha value is -2.81. The highest BCUT2D eigenvalue weighted by atomic mass is 14.8. The number of aliphatic imine (C=N–C) groups is 1. The zero-order chi connectivity index (χ0) is 14.9. The van der Waals surface area contributed by atoms with Gasteiger partial charge in [-0.2, -0.15) is 0 Å². The molecule has 3 aromatic rings. The van der Waals surface area contributed by atoms with Gasteiger partial charge in [0.25, 0.3) is 0 Å². The van der Waals surface area contributed by atoms with Gasteiger partial charge in [-0.3, -0.25) is 15.0 Å². The molecule has 3 heterocycles. The van der Waals surface area contributed by atoms with Crippen molar-refractivity contribution in [2.24, 2.45) is 4.99 Å². The molecule has 22 heavy (non-hydrogen) atoms. The summed E-state index contributed by atoms with van der Waals surface area (Å²) in [6.07, 6.45) is 3.98. The van der Waals surface area contributed by atoms with Gasteiger partial charge >= 0.3 is 0 Å². The second-order valence-electron chi connectivity index (χ2n) is 5.38. The van der Waals surface area contributed by atoms with E-state index in [0.717, 1.165) is 33.6 Å². The molecule has 2 aromatic heterocycles. The molecule has 0 saturated carbocycles. The van der Waals surface area contributed by atoms with Crippen LogP contribution in [0.4, 0.5) is 0 Å². The summed E-state index contributed by atoms with van der Waals surface area (Å²) >= 11 is 0. The molecule has 4 rings (SSSR count). The van der Waals surface area contributed by atoms with Gasteiger partial charge in [-0.05, 0) is 42.8 Å². The van der Waals surface area contributed by atoms with Gasteiger partial charge in [0.1, 0.15) is 0 Å². The van der Waals surface area contributed by atoms with Gasteiger partial charge in [0.05, 0.1) is 23.5 Å². The monoisotopic (exact) mass is 285 g/mol. The first kappa shape index (κ1) is 12.9. The molecule has 0 saturated heterocycles. The highest BCUT2D eigenvalue weighted by Gasteiger charge is 2.17. The summed E-state index contributed by atoms with van der Waals surface area (Å²) < 4.78 is 0. The van der Waals surface area contributed by atoms with Crippen molar-refractivity contribution in [3.8, 4) is 0 Å². The van der Waals surface area contributed by atoms with Crippen molar-refractivity contribution in [2.45, 2.75) is 6.92 Å². The van der Waals surface area contributed by atoms with E-state index < -0.39 is 0 Å². The van der Waals surface area contributed by atoms with E-state index in [0.29, 0.717) is 6.54 Å². The van der Waals surface area contributed by atoms with Crippen molar-refractivity contribution >= 4 is 22.2 Å². The average molecular weight is 285 g/mol. The first-order valence-electron chi connectivity index (χ1n) is 7.35. The summed E-state index contributed by atoms with van der Waals surface area (Å²) in [5.74, 6) is 0. The van der Waals surface area contributed by atoms with E-state index in [1.807, 2.05) is 37.4 Å². The minimum Gasteiger partial charge on any atom is -0.278 e. The fraction of sp³-hybridized carbons (Fsp3) is 0.105. The molecule has 0 N–H and O–H groups in total. The summed E-state index contributed by atoms with van der Waals surface area (Å²) in [7, 11) is 0. The lowest BCUT2D eigenvalue weighted by Crippen LogP contribution is -2.05. The quantitative estimate of drug-likeness (QED) is 0.718. The molecule has 3 heteroatoms. The lowest BCUT2D eigenvalue weighted by Gasteiger charge is -2.09. The molecule has 3 nitrogen and oxygen atoms in total. The first-order chi connectivity index (χ1) is 10.8. The van der Waals surface area contributed by atoms with Gasteiger partial charge in [0.2, 0.25) is 0 Å². The number of fused-ring (bicyclic) bond motifs is 1. The number of aryl methyl sites for hydroxylation is 1. The molecule has 0 atom stereocenters. The van der Waals surface area contributed by atoms with Crippen LogP contribution in [0.1, 0.15) is 17.0 Å². The van der Waals surface area contributed by atoms with Gasteiger partial charge in [-0.1, -0.05) is 24.3 Å². The van der Waals surface area contributed by atoms with Crippen molar-refractivity contribution in [1.82, 2.24) is 9.97 Å². The van der Waals surface area contributed by atoms with Crippen LogP contribution in [0.25, 0.3) is 16.5 Å². The van der Waals surface area contributed by atoms with E-state index in [2.05, 4.69) is 45.3 Å². The number of benzene rings is 1. The Morgan fingerprint density at radius 1 is 1.00 bits per heavy atom. The Bertz CT molecular complexity index is 923. The fourth-order valence-electron chi connectivity index (χ4n) is 2.80. The van der Waals surface area contributed by atoms with Crippen LogP contribution >= 0.6 is 0 Å². The van der Waals surface area contributed by atoms with Crippen molar-refractivity contribution in [3.05, 3.63) is 77.8 Å². The average Bonchev–Trinajstić information content (AvgIpc) is 3.04. The summed E-state index contributed by atoms with van der Waals surface area (Å²) in [6.45, 7) is 2.72. The van der Waals surface area contributed by atoms with E-state index in [1.54, 1.807) is 0 Å². The molecule has 0 aliphatic carbocycles. The van der Waals surface area contributed by atoms with Crippen molar-refractivity contribution in [2.75, 3.05) is 6.54 Å². The van der Waals surface area contributed by atoms with Gasteiger partial charge in [0.15, 0.2) is 0 Å². The Balaban J connectivity index is 1.79. The minimum atomic E-state index is 0.714. The van der Waals surface area contributed by atoms with E-state index in [-0.39, 0.29) is 0 Å². The Kier molecular flexibility index (Phi) is 3.04. The smallest absolute Gasteiger partial charge is 0.0910 e. The molecule has 106 valence electrons. The lowest BCUT2D eigenvalue weighted by molar-refractivity contribution is 1.17. The third kappa shape index (κ3) is 2.21. The second kappa shape index (κ2) is 5.19. The number of nitrogens with zero attached hydrogens (tertiary/aromatic N) is 3. The Labute approximate surface area is 129 Å². The zero-order valence-corrected chi connectivity index (χ0v) is 12.3. The van der Waals surface area contributed by atoms with Crippen LogP contribution in [0, 0.1) is 6.92 Å². The Morgan fingerprint density at radius 2 is 1.95 bits per heavy atom. The van der Waals surface area contributed by atoms with Crippen molar-refractivity contribution in [3.63, 3.8) is 0 Å². The normalized spacial score (nSPS) is 14.0. The first-order valence-corrected chi connectivity index (χ1v) is 7.35. The van der Waals surface area contributed by atoms with Crippen LogP contribution in [0.3, 0.4) is 0 Å². The highest BCUT2D eigenvalue weighted by molar-refractivity contribution is 6.32. The molecule has 1 aliphatic rings. The third-order valence-corrected chi connectivity index (χ3v) is 3.84. The SMILES string of the molecule is Cc1cccc(C2=NCC=C2c2ccc3ncccc3c2)n1. The van der Waals surface area contributed by atoms with Gasteiger partial charge in [-0.25, -0.2) is 0 Å². The maximum Gasteiger partial charge on any atom is 0.0910 e. The largest absolute Gasteiger partial charge is 0.278 e. The van der Waals surface area contributed by atoms with Crippen molar-refractivity contribution < 1.29 is 0 Å². The van der Waals surface area contributed by atoms with Crippen LogP contribution in [0.5, 0.6) is 0 Å². The molecule has 0 unspecified atom stereocenters. The fourth-order valence-corrected chi connectivity index (χ4v) is 2.80. The standard InChI is InChI=1S/C19H15N3/c1-13-4-2-6-18(22-13)19-16(9-11-21-19)14-7-8-17-15(12-14)5-3-10-20-17/h2-10,12H,11H2,1H3. The predicted molar refractivity (Wildman–Crippen MR) is 90.1 cm³/mol. The number of pyridine rings is 2. The zero-order valence-electron chi connectivity index (χ0n) is 12.3.